The third-order valence-corrected chi connectivity index (χ3v) is 3.82. The number of aromatic nitrogens is 2. The van der Waals surface area contributed by atoms with E-state index in [-0.39, 0.29) is 23.7 Å². The lowest BCUT2D eigenvalue weighted by molar-refractivity contribution is 0.0992. The van der Waals surface area contributed by atoms with Crippen LogP contribution in [0.1, 0.15) is 26.8 Å². The van der Waals surface area contributed by atoms with Crippen molar-refractivity contribution in [2.45, 2.75) is 6.61 Å². The summed E-state index contributed by atoms with van der Waals surface area (Å²) in [4.78, 5) is 23.7. The van der Waals surface area contributed by atoms with Crippen LogP contribution in [0.2, 0.25) is 5.02 Å². The molecular weight excluding hydrogens is 360 g/mol. The number of nitrogens with one attached hydrogen (secondary N) is 1. The summed E-state index contributed by atoms with van der Waals surface area (Å²) in [5, 5.41) is 6.92. The SMILES string of the molecule is Cn1ncc(NC(=O)c2ccc(COc3ccccc3Cl)o2)c1C(N)=O. The van der Waals surface area contributed by atoms with Gasteiger partial charge in [-0.05, 0) is 24.3 Å². The van der Waals surface area contributed by atoms with E-state index in [4.69, 9.17) is 26.5 Å². The molecule has 2 aromatic heterocycles. The Bertz CT molecular complexity index is 963. The van der Waals surface area contributed by atoms with Gasteiger partial charge in [0, 0.05) is 7.05 Å². The predicted molar refractivity (Wildman–Crippen MR) is 94.2 cm³/mol. The highest BCUT2D eigenvalue weighted by Gasteiger charge is 2.19. The Balaban J connectivity index is 1.67. The molecule has 0 aliphatic rings. The molecule has 134 valence electrons. The molecule has 8 nitrogen and oxygen atoms in total. The number of rotatable bonds is 6. The van der Waals surface area contributed by atoms with Crippen LogP contribution in [-0.4, -0.2) is 21.6 Å². The lowest BCUT2D eigenvalue weighted by atomic mass is 10.3. The first-order valence-electron chi connectivity index (χ1n) is 7.55. The Labute approximate surface area is 153 Å². The van der Waals surface area contributed by atoms with Crippen molar-refractivity contribution in [3.05, 3.63) is 64.8 Å². The van der Waals surface area contributed by atoms with Crippen molar-refractivity contribution in [1.29, 1.82) is 0 Å². The number of hydrogen-bond acceptors (Lipinski definition) is 5. The maximum Gasteiger partial charge on any atom is 0.291 e. The van der Waals surface area contributed by atoms with E-state index in [0.29, 0.717) is 16.5 Å². The maximum atomic E-state index is 12.3. The van der Waals surface area contributed by atoms with Crippen molar-refractivity contribution in [2.24, 2.45) is 12.8 Å². The number of para-hydroxylation sites is 1. The van der Waals surface area contributed by atoms with Crippen LogP contribution in [0.5, 0.6) is 5.75 Å². The normalized spacial score (nSPS) is 10.5. The van der Waals surface area contributed by atoms with Crippen LogP contribution in [0.4, 0.5) is 5.69 Å². The Kier molecular flexibility index (Phi) is 4.94. The molecule has 0 atom stereocenters. The van der Waals surface area contributed by atoms with Crippen molar-refractivity contribution in [1.82, 2.24) is 9.78 Å². The fourth-order valence-electron chi connectivity index (χ4n) is 2.29. The first kappa shape index (κ1) is 17.6. The molecule has 0 aliphatic carbocycles. The molecule has 0 bridgehead atoms. The van der Waals surface area contributed by atoms with Crippen LogP contribution in [0.25, 0.3) is 0 Å². The molecule has 2 amide bonds. The van der Waals surface area contributed by atoms with E-state index < -0.39 is 11.8 Å². The molecule has 3 N–H and O–H groups in total. The Morgan fingerprint density at radius 2 is 2.08 bits per heavy atom. The first-order valence-corrected chi connectivity index (χ1v) is 7.92. The number of ether oxygens (including phenoxy) is 1. The minimum Gasteiger partial charge on any atom is -0.484 e. The molecule has 0 aliphatic heterocycles. The number of primary amides is 1. The average Bonchev–Trinajstić information content (AvgIpc) is 3.21. The van der Waals surface area contributed by atoms with Gasteiger partial charge in [0.25, 0.3) is 11.8 Å². The zero-order chi connectivity index (χ0) is 18.7. The number of amides is 2. The fraction of sp³-hybridized carbons (Fsp3) is 0.118. The number of nitrogens with two attached hydrogens (primary N) is 1. The molecular formula is C17H15ClN4O4. The number of anilines is 1. The summed E-state index contributed by atoms with van der Waals surface area (Å²) in [5.41, 5.74) is 5.58. The predicted octanol–water partition coefficient (Wildman–Crippen LogP) is 2.60. The third-order valence-electron chi connectivity index (χ3n) is 3.51. The van der Waals surface area contributed by atoms with Crippen molar-refractivity contribution >= 4 is 29.1 Å². The zero-order valence-corrected chi connectivity index (χ0v) is 14.5. The van der Waals surface area contributed by atoms with Crippen LogP contribution in [0.3, 0.4) is 0 Å². The quantitative estimate of drug-likeness (QED) is 0.688. The standard InChI is InChI=1S/C17H15ClN4O4/c1-22-15(16(19)23)12(8-20-22)21-17(24)14-7-6-10(26-14)9-25-13-5-3-2-4-11(13)18/h2-8H,9H2,1H3,(H2,19,23)(H,21,24). The molecule has 0 spiro atoms. The summed E-state index contributed by atoms with van der Waals surface area (Å²) in [5.74, 6) is -0.227. The molecule has 1 aromatic carbocycles. The molecule has 3 aromatic rings. The highest BCUT2D eigenvalue weighted by molar-refractivity contribution is 6.32. The van der Waals surface area contributed by atoms with Gasteiger partial charge in [0.1, 0.15) is 23.8 Å². The summed E-state index contributed by atoms with van der Waals surface area (Å²) in [6, 6.07) is 10.1. The number of nitrogens with zero attached hydrogens (tertiary/aromatic N) is 2. The molecule has 0 saturated carbocycles. The number of hydrogen-bond donors (Lipinski definition) is 2. The number of aryl methyl sites for hydroxylation is 1. The fourth-order valence-corrected chi connectivity index (χ4v) is 2.48. The molecule has 0 saturated heterocycles. The molecule has 0 radical (unpaired) electrons. The molecule has 26 heavy (non-hydrogen) atoms. The monoisotopic (exact) mass is 374 g/mol. The first-order chi connectivity index (χ1) is 12.5. The zero-order valence-electron chi connectivity index (χ0n) is 13.7. The summed E-state index contributed by atoms with van der Waals surface area (Å²) in [6.45, 7) is 0.108. The smallest absolute Gasteiger partial charge is 0.291 e. The van der Waals surface area contributed by atoms with Gasteiger partial charge in [-0.2, -0.15) is 5.10 Å². The summed E-state index contributed by atoms with van der Waals surface area (Å²) in [7, 11) is 1.55. The van der Waals surface area contributed by atoms with Crippen LogP contribution >= 0.6 is 11.6 Å². The minimum absolute atomic E-state index is 0.0574. The van der Waals surface area contributed by atoms with Crippen molar-refractivity contribution in [2.75, 3.05) is 5.32 Å². The Morgan fingerprint density at radius 3 is 2.81 bits per heavy atom. The van der Waals surface area contributed by atoms with E-state index in [1.54, 1.807) is 37.4 Å². The van der Waals surface area contributed by atoms with E-state index >= 15 is 0 Å². The van der Waals surface area contributed by atoms with Gasteiger partial charge in [-0.15, -0.1) is 0 Å². The molecule has 3 rings (SSSR count). The second kappa shape index (κ2) is 7.32. The number of benzene rings is 1. The lowest BCUT2D eigenvalue weighted by Gasteiger charge is -2.06. The topological polar surface area (TPSA) is 112 Å². The molecule has 2 heterocycles. The van der Waals surface area contributed by atoms with Gasteiger partial charge in [0.2, 0.25) is 0 Å². The summed E-state index contributed by atoms with van der Waals surface area (Å²) >= 11 is 6.01. The van der Waals surface area contributed by atoms with Crippen LogP contribution in [0, 0.1) is 0 Å². The summed E-state index contributed by atoms with van der Waals surface area (Å²) in [6.07, 6.45) is 1.34. The van der Waals surface area contributed by atoms with E-state index in [1.165, 1.54) is 16.9 Å². The number of furan rings is 1. The van der Waals surface area contributed by atoms with Gasteiger partial charge in [-0.3, -0.25) is 14.3 Å². The van der Waals surface area contributed by atoms with Crippen molar-refractivity contribution in [3.63, 3.8) is 0 Å². The van der Waals surface area contributed by atoms with E-state index in [0.717, 1.165) is 0 Å². The Morgan fingerprint density at radius 1 is 1.31 bits per heavy atom. The van der Waals surface area contributed by atoms with E-state index in [1.807, 2.05) is 0 Å². The Hall–Kier alpha value is -3.26. The molecule has 0 fully saturated rings. The number of carbonyl (C=O) groups excluding carboxylic acids is 2. The van der Waals surface area contributed by atoms with Gasteiger partial charge < -0.3 is 20.2 Å². The minimum atomic E-state index is -0.700. The maximum absolute atomic E-state index is 12.3. The third kappa shape index (κ3) is 3.70. The number of halogens is 1. The van der Waals surface area contributed by atoms with Crippen LogP contribution < -0.4 is 15.8 Å². The van der Waals surface area contributed by atoms with Gasteiger partial charge in [0.15, 0.2) is 5.76 Å². The second-order valence-electron chi connectivity index (χ2n) is 5.33. The highest BCUT2D eigenvalue weighted by atomic mass is 35.5. The van der Waals surface area contributed by atoms with Gasteiger partial charge in [-0.1, -0.05) is 23.7 Å². The largest absolute Gasteiger partial charge is 0.484 e. The summed E-state index contributed by atoms with van der Waals surface area (Å²) < 4.78 is 12.3. The lowest BCUT2D eigenvalue weighted by Crippen LogP contribution is -2.20. The van der Waals surface area contributed by atoms with Gasteiger partial charge in [-0.25, -0.2) is 0 Å². The second-order valence-corrected chi connectivity index (χ2v) is 5.74. The van der Waals surface area contributed by atoms with Crippen LogP contribution in [-0.2, 0) is 13.7 Å². The van der Waals surface area contributed by atoms with Gasteiger partial charge in [0.05, 0.1) is 16.9 Å². The van der Waals surface area contributed by atoms with E-state index in [9.17, 15) is 9.59 Å². The highest BCUT2D eigenvalue weighted by Crippen LogP contribution is 2.24. The van der Waals surface area contributed by atoms with Crippen molar-refractivity contribution < 1.29 is 18.7 Å². The van der Waals surface area contributed by atoms with Gasteiger partial charge >= 0.3 is 0 Å². The van der Waals surface area contributed by atoms with Crippen molar-refractivity contribution in [3.8, 4) is 5.75 Å². The molecule has 9 heteroatoms. The average molecular weight is 375 g/mol. The van der Waals surface area contributed by atoms with Crippen LogP contribution in [0.15, 0.2) is 47.0 Å². The molecule has 0 unspecified atom stereocenters. The number of carbonyl (C=O) groups is 2. The van der Waals surface area contributed by atoms with E-state index in [2.05, 4.69) is 10.4 Å².